The van der Waals surface area contributed by atoms with Gasteiger partial charge in [-0.3, -0.25) is 0 Å². The lowest BCUT2D eigenvalue weighted by atomic mass is 10.0. The van der Waals surface area contributed by atoms with E-state index in [-0.39, 0.29) is 0 Å². The van der Waals surface area contributed by atoms with Gasteiger partial charge in [-0.1, -0.05) is 69.0 Å². The third-order valence-corrected chi connectivity index (χ3v) is 4.99. The normalized spacial score (nSPS) is 10.6. The van der Waals surface area contributed by atoms with Gasteiger partial charge in [0, 0.05) is 24.0 Å². The van der Waals surface area contributed by atoms with Crippen molar-refractivity contribution in [2.75, 3.05) is 5.32 Å². The molecule has 0 aliphatic rings. The molecule has 2 aromatic carbocycles. The van der Waals surface area contributed by atoms with Crippen LogP contribution in [0.3, 0.4) is 0 Å². The fourth-order valence-electron chi connectivity index (χ4n) is 3.35. The number of benzene rings is 2. The van der Waals surface area contributed by atoms with E-state index in [1.165, 1.54) is 22.3 Å². The van der Waals surface area contributed by atoms with Crippen LogP contribution in [0.25, 0.3) is 11.3 Å². The average Bonchev–Trinajstić information content (AvgIpc) is 2.67. The van der Waals surface area contributed by atoms with Crippen LogP contribution in [0.15, 0.2) is 68.4 Å². The summed E-state index contributed by atoms with van der Waals surface area (Å²) in [4.78, 5) is 2.36. The molecule has 2 nitrogen and oxygen atoms in total. The molecule has 0 fully saturated rings. The minimum Gasteiger partial charge on any atom is -0.365 e. The number of hydrogen-bond donors (Lipinski definition) is 1. The van der Waals surface area contributed by atoms with Gasteiger partial charge in [-0.05, 0) is 67.8 Å². The van der Waals surface area contributed by atoms with Crippen molar-refractivity contribution in [3.8, 4) is 0 Å². The highest BCUT2D eigenvalue weighted by Gasteiger charge is 2.15. The van der Waals surface area contributed by atoms with Crippen molar-refractivity contribution >= 4 is 17.0 Å². The van der Waals surface area contributed by atoms with Crippen LogP contribution in [0.4, 0.5) is 5.69 Å². The number of anilines is 1. The highest BCUT2D eigenvalue weighted by molar-refractivity contribution is 5.67. The van der Waals surface area contributed by atoms with Crippen LogP contribution in [0, 0.1) is 0 Å². The Bertz CT molecular complexity index is 828. The van der Waals surface area contributed by atoms with Gasteiger partial charge in [-0.2, -0.15) is 0 Å². The highest BCUT2D eigenvalue weighted by Crippen LogP contribution is 2.27. The van der Waals surface area contributed by atoms with Gasteiger partial charge in [0.1, 0.15) is 0 Å². The van der Waals surface area contributed by atoms with Crippen LogP contribution >= 0.6 is 0 Å². The van der Waals surface area contributed by atoms with Crippen LogP contribution in [0.2, 0.25) is 0 Å². The number of rotatable bonds is 10. The summed E-state index contributed by atoms with van der Waals surface area (Å²) in [5, 5.41) is 3.25. The Morgan fingerprint density at radius 3 is 2.25 bits per heavy atom. The number of hydrogen-bond acceptors (Lipinski definition) is 2. The second-order valence-electron chi connectivity index (χ2n) is 7.62. The zero-order valence-electron chi connectivity index (χ0n) is 17.9. The minimum atomic E-state index is 0.355. The number of nitrogens with zero attached hydrogens (tertiary/aromatic N) is 1. The summed E-state index contributed by atoms with van der Waals surface area (Å²) < 4.78 is 0. The molecular formula is C26H34N2. The maximum atomic E-state index is 4.44. The molecule has 0 aliphatic carbocycles. The van der Waals surface area contributed by atoms with Crippen LogP contribution in [-0.2, 0) is 13.0 Å². The van der Waals surface area contributed by atoms with Gasteiger partial charge in [-0.15, -0.1) is 0 Å². The smallest absolute Gasteiger partial charge is 0.0432 e. The van der Waals surface area contributed by atoms with E-state index in [2.05, 4.69) is 93.2 Å². The van der Waals surface area contributed by atoms with E-state index in [1.807, 2.05) is 6.92 Å². The molecule has 0 bridgehead atoms. The summed E-state index contributed by atoms with van der Waals surface area (Å²) in [7, 11) is 0. The summed E-state index contributed by atoms with van der Waals surface area (Å²) in [6.07, 6.45) is 3.87. The summed E-state index contributed by atoms with van der Waals surface area (Å²) in [5.41, 5.74) is 8.21. The Labute approximate surface area is 171 Å². The summed E-state index contributed by atoms with van der Waals surface area (Å²) in [6.45, 7) is 21.8. The van der Waals surface area contributed by atoms with Gasteiger partial charge in [0.2, 0.25) is 0 Å². The molecule has 0 atom stereocenters. The van der Waals surface area contributed by atoms with E-state index in [0.29, 0.717) is 6.04 Å². The monoisotopic (exact) mass is 374 g/mol. The maximum absolute atomic E-state index is 4.44. The number of nitrogens with one attached hydrogen (secondary N) is 1. The Morgan fingerprint density at radius 2 is 1.71 bits per heavy atom. The van der Waals surface area contributed by atoms with Crippen molar-refractivity contribution in [3.63, 3.8) is 0 Å². The summed E-state index contributed by atoms with van der Waals surface area (Å²) >= 11 is 0. The Kier molecular flexibility index (Phi) is 7.69. The maximum Gasteiger partial charge on any atom is 0.0432 e. The molecule has 2 rings (SSSR count). The molecule has 0 aliphatic heterocycles. The van der Waals surface area contributed by atoms with Crippen molar-refractivity contribution in [2.24, 2.45) is 0 Å². The quantitative estimate of drug-likeness (QED) is 0.477. The van der Waals surface area contributed by atoms with Crippen molar-refractivity contribution < 1.29 is 0 Å². The first kappa shape index (κ1) is 21.6. The zero-order valence-corrected chi connectivity index (χ0v) is 17.9. The van der Waals surface area contributed by atoms with E-state index in [1.54, 1.807) is 6.20 Å². The van der Waals surface area contributed by atoms with Gasteiger partial charge < -0.3 is 10.2 Å². The molecule has 1 N–H and O–H groups in total. The van der Waals surface area contributed by atoms with Crippen molar-refractivity contribution in [1.29, 1.82) is 0 Å². The third-order valence-electron chi connectivity index (χ3n) is 4.99. The van der Waals surface area contributed by atoms with E-state index in [9.17, 15) is 0 Å². The SMILES string of the molecule is C=CNc1ccc(C(=C)N(Cc2ccc(C(=C)C)cc2)C(C)C)cc1CCC. The molecule has 0 heterocycles. The van der Waals surface area contributed by atoms with Crippen LogP contribution in [0.1, 0.15) is 56.4 Å². The molecule has 0 saturated carbocycles. The summed E-state index contributed by atoms with van der Waals surface area (Å²) in [6, 6.07) is 15.6. The lowest BCUT2D eigenvalue weighted by molar-refractivity contribution is 0.323. The lowest BCUT2D eigenvalue weighted by Gasteiger charge is -2.31. The zero-order chi connectivity index (χ0) is 20.7. The van der Waals surface area contributed by atoms with Crippen LogP contribution in [0.5, 0.6) is 0 Å². The topological polar surface area (TPSA) is 15.3 Å². The van der Waals surface area contributed by atoms with Crippen molar-refractivity contribution in [3.05, 3.63) is 90.7 Å². The van der Waals surface area contributed by atoms with Crippen molar-refractivity contribution in [1.82, 2.24) is 4.90 Å². The van der Waals surface area contributed by atoms with Crippen LogP contribution in [-0.4, -0.2) is 10.9 Å². The van der Waals surface area contributed by atoms with E-state index in [0.717, 1.165) is 36.3 Å². The first-order chi connectivity index (χ1) is 13.4. The van der Waals surface area contributed by atoms with Gasteiger partial charge >= 0.3 is 0 Å². The van der Waals surface area contributed by atoms with Gasteiger partial charge in [0.05, 0.1) is 0 Å². The molecule has 2 heteroatoms. The first-order valence-corrected chi connectivity index (χ1v) is 10.1. The molecule has 0 unspecified atom stereocenters. The van der Waals surface area contributed by atoms with Gasteiger partial charge in [0.25, 0.3) is 0 Å². The molecular weight excluding hydrogens is 340 g/mol. The molecule has 0 amide bonds. The minimum absolute atomic E-state index is 0.355. The van der Waals surface area contributed by atoms with Crippen LogP contribution < -0.4 is 5.32 Å². The molecule has 0 spiro atoms. The predicted molar refractivity (Wildman–Crippen MR) is 125 cm³/mol. The Hall–Kier alpha value is -2.74. The van der Waals surface area contributed by atoms with E-state index in [4.69, 9.17) is 0 Å². The standard InChI is InChI=1S/C26H34N2/c1-8-10-25-17-24(15-16-26(25)27-9-2)21(7)28(20(5)6)18-22-11-13-23(14-12-22)19(3)4/h9,11-17,20,27H,2-3,7-8,10,18H2,1,4-6H3. The molecule has 148 valence electrons. The predicted octanol–water partition coefficient (Wildman–Crippen LogP) is 7.11. The van der Waals surface area contributed by atoms with Gasteiger partial charge in [0.15, 0.2) is 0 Å². The second kappa shape index (κ2) is 9.98. The van der Waals surface area contributed by atoms with Crippen molar-refractivity contribution in [2.45, 2.75) is 53.1 Å². The largest absolute Gasteiger partial charge is 0.365 e. The lowest BCUT2D eigenvalue weighted by Crippen LogP contribution is -2.28. The fraction of sp³-hybridized carbons (Fsp3) is 0.308. The fourth-order valence-corrected chi connectivity index (χ4v) is 3.35. The highest BCUT2D eigenvalue weighted by atomic mass is 15.2. The third kappa shape index (κ3) is 5.39. The van der Waals surface area contributed by atoms with E-state index >= 15 is 0 Å². The first-order valence-electron chi connectivity index (χ1n) is 10.1. The van der Waals surface area contributed by atoms with Gasteiger partial charge in [-0.25, -0.2) is 0 Å². The Balaban J connectivity index is 2.27. The molecule has 0 saturated heterocycles. The summed E-state index contributed by atoms with van der Waals surface area (Å²) in [5.74, 6) is 0. The molecule has 0 aromatic heterocycles. The number of allylic oxidation sites excluding steroid dienone is 1. The molecule has 2 aromatic rings. The average molecular weight is 375 g/mol. The van der Waals surface area contributed by atoms with E-state index < -0.39 is 0 Å². The Morgan fingerprint density at radius 1 is 1.07 bits per heavy atom. The molecule has 28 heavy (non-hydrogen) atoms. The second-order valence-corrected chi connectivity index (χ2v) is 7.62. The molecule has 0 radical (unpaired) electrons. The number of aryl methyl sites for hydroxylation is 1.